The minimum absolute atomic E-state index is 0.852. The first kappa shape index (κ1) is 16.2. The average molecular weight is 347 g/mol. The lowest BCUT2D eigenvalue weighted by molar-refractivity contribution is -0.669. The van der Waals surface area contributed by atoms with E-state index in [1.165, 1.54) is 9.75 Å². The lowest BCUT2D eigenvalue weighted by atomic mass is 10.3. The van der Waals surface area contributed by atoms with Gasteiger partial charge in [-0.15, -0.1) is 16.4 Å². The molecule has 0 unspecified atom stereocenters. The van der Waals surface area contributed by atoms with Crippen molar-refractivity contribution in [2.24, 2.45) is 0 Å². The Kier molecular flexibility index (Phi) is 5.79. The van der Waals surface area contributed by atoms with Gasteiger partial charge in [0.1, 0.15) is 6.54 Å². The van der Waals surface area contributed by atoms with E-state index < -0.39 is 0 Å². The number of nitrogens with two attached hydrogens (primary N) is 1. The van der Waals surface area contributed by atoms with Crippen LogP contribution in [-0.4, -0.2) is 32.5 Å². The van der Waals surface area contributed by atoms with Gasteiger partial charge in [-0.2, -0.15) is 4.68 Å². The molecule has 2 aromatic heterocycles. The summed E-state index contributed by atoms with van der Waals surface area (Å²) in [5.41, 5.74) is 1.000. The molecule has 0 saturated heterocycles. The molecule has 0 fully saturated rings. The molecule has 0 atom stereocenters. The van der Waals surface area contributed by atoms with Crippen molar-refractivity contribution < 1.29 is 5.32 Å². The van der Waals surface area contributed by atoms with Crippen molar-refractivity contribution in [3.05, 3.63) is 52.2 Å². The quantitative estimate of drug-likeness (QED) is 0.502. The molecule has 0 aliphatic carbocycles. The molecule has 0 bridgehead atoms. The number of hydrogen-bond donors (Lipinski definition) is 1. The van der Waals surface area contributed by atoms with E-state index in [0.717, 1.165) is 36.1 Å². The molecule has 2 heterocycles. The Balaban J connectivity index is 1.41. The highest BCUT2D eigenvalue weighted by Crippen LogP contribution is 2.18. The van der Waals surface area contributed by atoms with Crippen LogP contribution in [0.15, 0.2) is 47.6 Å². The average Bonchev–Trinajstić information content (AvgIpc) is 3.20. The Morgan fingerprint density at radius 1 is 1.17 bits per heavy atom. The number of hydrogen-bond acceptors (Lipinski definition) is 5. The third-order valence-corrected chi connectivity index (χ3v) is 5.40. The monoisotopic (exact) mass is 346 g/mol. The summed E-state index contributed by atoms with van der Waals surface area (Å²) in [5.74, 6) is 1.02. The third kappa shape index (κ3) is 4.63. The highest BCUT2D eigenvalue weighted by atomic mass is 32.2. The van der Waals surface area contributed by atoms with Crippen LogP contribution in [0.2, 0.25) is 0 Å². The van der Waals surface area contributed by atoms with Gasteiger partial charge in [-0.25, -0.2) is 0 Å². The molecule has 1 aromatic carbocycles. The summed E-state index contributed by atoms with van der Waals surface area (Å²) in [4.78, 5) is 2.83. The van der Waals surface area contributed by atoms with E-state index >= 15 is 0 Å². The number of thiophene rings is 1. The summed E-state index contributed by atoms with van der Waals surface area (Å²) >= 11 is 3.59. The fourth-order valence-electron chi connectivity index (χ4n) is 2.23. The van der Waals surface area contributed by atoms with E-state index in [1.54, 1.807) is 16.4 Å². The summed E-state index contributed by atoms with van der Waals surface area (Å²) in [5, 5.41) is 15.2. The first-order chi connectivity index (χ1) is 11.3. The molecule has 3 aromatic rings. The number of quaternary nitrogens is 1. The van der Waals surface area contributed by atoms with Crippen molar-refractivity contribution in [3.63, 3.8) is 0 Å². The molecule has 3 rings (SSSR count). The summed E-state index contributed by atoms with van der Waals surface area (Å²) < 4.78 is 1.79. The first-order valence-electron chi connectivity index (χ1n) is 7.66. The van der Waals surface area contributed by atoms with Gasteiger partial charge >= 0.3 is 0 Å². The van der Waals surface area contributed by atoms with Gasteiger partial charge < -0.3 is 5.32 Å². The Bertz CT molecular complexity index is 723. The molecule has 0 radical (unpaired) electrons. The summed E-state index contributed by atoms with van der Waals surface area (Å²) in [7, 11) is 0. The van der Waals surface area contributed by atoms with Crippen molar-refractivity contribution in [2.45, 2.75) is 25.0 Å². The van der Waals surface area contributed by atoms with E-state index in [4.69, 9.17) is 0 Å². The Hall–Kier alpha value is -1.70. The van der Waals surface area contributed by atoms with Crippen molar-refractivity contribution >= 4 is 23.1 Å². The van der Waals surface area contributed by atoms with E-state index in [-0.39, 0.29) is 0 Å². The zero-order valence-corrected chi connectivity index (χ0v) is 14.7. The van der Waals surface area contributed by atoms with Gasteiger partial charge in [-0.05, 0) is 41.6 Å². The molecular formula is C16H20N5S2+. The summed E-state index contributed by atoms with van der Waals surface area (Å²) in [6.07, 6.45) is 1.14. The minimum atomic E-state index is 0.852. The van der Waals surface area contributed by atoms with E-state index in [0.29, 0.717) is 0 Å². The lowest BCUT2D eigenvalue weighted by Gasteiger charge is -2.03. The van der Waals surface area contributed by atoms with Crippen molar-refractivity contribution in [1.82, 2.24) is 20.2 Å². The number of para-hydroxylation sites is 1. The number of aryl methyl sites for hydroxylation is 1. The van der Waals surface area contributed by atoms with Crippen LogP contribution in [0, 0.1) is 6.92 Å². The zero-order valence-electron chi connectivity index (χ0n) is 13.1. The second kappa shape index (κ2) is 8.24. The maximum Gasteiger partial charge on any atom is 0.214 e. The number of aromatic nitrogens is 4. The number of thioether (sulfide) groups is 1. The molecule has 120 valence electrons. The molecule has 0 aliphatic rings. The minimum Gasteiger partial charge on any atom is -0.342 e. The van der Waals surface area contributed by atoms with Gasteiger partial charge in [0.05, 0.1) is 17.1 Å². The van der Waals surface area contributed by atoms with Crippen LogP contribution in [0.5, 0.6) is 0 Å². The molecule has 2 N–H and O–H groups in total. The number of tetrazole rings is 1. The maximum atomic E-state index is 4.12. The number of nitrogens with zero attached hydrogens (tertiary/aromatic N) is 4. The third-order valence-electron chi connectivity index (χ3n) is 3.37. The van der Waals surface area contributed by atoms with Gasteiger partial charge in [0, 0.05) is 17.1 Å². The normalized spacial score (nSPS) is 11.0. The Morgan fingerprint density at radius 2 is 2.04 bits per heavy atom. The van der Waals surface area contributed by atoms with Crippen LogP contribution >= 0.6 is 23.1 Å². The lowest BCUT2D eigenvalue weighted by Crippen LogP contribution is -2.82. The smallest absolute Gasteiger partial charge is 0.214 e. The van der Waals surface area contributed by atoms with E-state index in [1.807, 2.05) is 41.7 Å². The molecule has 0 aliphatic heterocycles. The van der Waals surface area contributed by atoms with Crippen LogP contribution in [-0.2, 0) is 6.54 Å². The van der Waals surface area contributed by atoms with Crippen molar-refractivity contribution in [3.8, 4) is 5.69 Å². The van der Waals surface area contributed by atoms with Crippen molar-refractivity contribution in [2.75, 3.05) is 12.3 Å². The fraction of sp³-hybridized carbons (Fsp3) is 0.312. The van der Waals surface area contributed by atoms with Crippen LogP contribution in [0.25, 0.3) is 5.69 Å². The summed E-state index contributed by atoms with van der Waals surface area (Å²) in [6, 6.07) is 14.4. The zero-order chi connectivity index (χ0) is 15.9. The highest BCUT2D eigenvalue weighted by Gasteiger charge is 2.08. The Labute approximate surface area is 144 Å². The largest absolute Gasteiger partial charge is 0.342 e. The second-order valence-corrected chi connectivity index (χ2v) is 7.64. The van der Waals surface area contributed by atoms with Gasteiger partial charge in [-0.3, -0.25) is 0 Å². The highest BCUT2D eigenvalue weighted by molar-refractivity contribution is 7.99. The van der Waals surface area contributed by atoms with Crippen LogP contribution in [0.1, 0.15) is 16.2 Å². The molecule has 23 heavy (non-hydrogen) atoms. The van der Waals surface area contributed by atoms with E-state index in [2.05, 4.69) is 39.9 Å². The number of rotatable bonds is 8. The van der Waals surface area contributed by atoms with Gasteiger partial charge in [0.2, 0.25) is 5.16 Å². The van der Waals surface area contributed by atoms with Crippen LogP contribution in [0.4, 0.5) is 0 Å². The Morgan fingerprint density at radius 3 is 2.83 bits per heavy atom. The molecular weight excluding hydrogens is 326 g/mol. The van der Waals surface area contributed by atoms with Gasteiger partial charge in [0.15, 0.2) is 0 Å². The van der Waals surface area contributed by atoms with E-state index in [9.17, 15) is 0 Å². The molecule has 5 nitrogen and oxygen atoms in total. The number of benzene rings is 1. The molecule has 0 spiro atoms. The predicted molar refractivity (Wildman–Crippen MR) is 94.0 cm³/mol. The topological polar surface area (TPSA) is 60.2 Å². The first-order valence-corrected chi connectivity index (χ1v) is 9.47. The molecule has 0 amide bonds. The summed E-state index contributed by atoms with van der Waals surface area (Å²) in [6.45, 7) is 4.35. The SMILES string of the molecule is Cc1ccc(C[NH2+]CCCSc2nnnn2-c2ccccc2)s1. The van der Waals surface area contributed by atoms with Crippen LogP contribution < -0.4 is 5.32 Å². The van der Waals surface area contributed by atoms with Gasteiger partial charge in [-0.1, -0.05) is 30.0 Å². The van der Waals surface area contributed by atoms with Crippen molar-refractivity contribution in [1.29, 1.82) is 0 Å². The standard InChI is InChI=1S/C16H19N5S2/c1-13-8-9-15(23-13)12-17-10-5-11-22-16-18-19-20-21(16)14-6-3-2-4-7-14/h2-4,6-9,17H,5,10-12H2,1H3/p+1. The predicted octanol–water partition coefficient (Wildman–Crippen LogP) is 2.28. The maximum absolute atomic E-state index is 4.12. The molecule has 7 heteroatoms. The molecule has 0 saturated carbocycles. The second-order valence-electron chi connectivity index (χ2n) is 5.20. The van der Waals surface area contributed by atoms with Crippen LogP contribution in [0.3, 0.4) is 0 Å². The van der Waals surface area contributed by atoms with Gasteiger partial charge in [0.25, 0.3) is 0 Å². The fourth-order valence-corrected chi connectivity index (χ4v) is 3.97.